The summed E-state index contributed by atoms with van der Waals surface area (Å²) in [6.07, 6.45) is 0.357. The molecule has 0 saturated carbocycles. The molecule has 5 amide bonds. The van der Waals surface area contributed by atoms with Crippen LogP contribution in [0.5, 0.6) is 5.75 Å². The Morgan fingerprint density at radius 1 is 1.31 bits per heavy atom. The predicted molar refractivity (Wildman–Crippen MR) is 127 cm³/mol. The smallest absolute Gasteiger partial charge is 0.322 e. The van der Waals surface area contributed by atoms with Gasteiger partial charge < -0.3 is 25.1 Å². The molecule has 0 spiro atoms. The summed E-state index contributed by atoms with van der Waals surface area (Å²) in [6, 6.07) is 3.61. The standard InChI is InChI=1S/C22H22FN5O6.C2H6/c1-4-13-12(25-10(2)18(24)29)7-15(34-13)22(20(31)26-21(32)27-22)9-28-8-11-5-6-14(33-3)17(23)16(11)19(28)30;1-2/h5-7H,4,8-9H2,1-3H3,(H2,24,29)(H2,26,27,31,32);1-2H3/t22-;/m0./s1. The van der Waals surface area contributed by atoms with Gasteiger partial charge in [-0.05, 0) is 18.6 Å². The molecule has 12 heteroatoms. The summed E-state index contributed by atoms with van der Waals surface area (Å²) in [5, 5.41) is 4.70. The third-order valence-corrected chi connectivity index (χ3v) is 5.82. The van der Waals surface area contributed by atoms with Crippen molar-refractivity contribution in [3.05, 3.63) is 46.7 Å². The number of hydrogen-bond donors (Lipinski definition) is 3. The number of methoxy groups -OCH3 is 1. The fourth-order valence-corrected chi connectivity index (χ4v) is 4.03. The minimum atomic E-state index is -1.80. The largest absolute Gasteiger partial charge is 0.494 e. The van der Waals surface area contributed by atoms with Crippen molar-refractivity contribution in [2.45, 2.75) is 46.2 Å². The molecular weight excluding hydrogens is 473 g/mol. The van der Waals surface area contributed by atoms with Crippen LogP contribution in [0.2, 0.25) is 0 Å². The van der Waals surface area contributed by atoms with Crippen LogP contribution in [-0.2, 0) is 28.1 Å². The zero-order valence-electron chi connectivity index (χ0n) is 20.7. The van der Waals surface area contributed by atoms with E-state index in [9.17, 15) is 23.6 Å². The summed E-state index contributed by atoms with van der Waals surface area (Å²) in [6.45, 7) is 6.87. The molecule has 4 N–H and O–H groups in total. The van der Waals surface area contributed by atoms with Crippen molar-refractivity contribution >= 4 is 35.2 Å². The Morgan fingerprint density at radius 3 is 2.56 bits per heavy atom. The highest BCUT2D eigenvalue weighted by atomic mass is 19.1. The Bertz CT molecular complexity index is 1270. The highest BCUT2D eigenvalue weighted by Crippen LogP contribution is 2.37. The minimum absolute atomic E-state index is 0.00512. The number of hydrogen-bond acceptors (Lipinski definition) is 7. The monoisotopic (exact) mass is 501 g/mol. The number of imide groups is 1. The van der Waals surface area contributed by atoms with Crippen LogP contribution < -0.4 is 21.1 Å². The summed E-state index contributed by atoms with van der Waals surface area (Å²) in [4.78, 5) is 55.0. The lowest BCUT2D eigenvalue weighted by molar-refractivity contribution is -0.125. The number of benzene rings is 1. The van der Waals surface area contributed by atoms with Gasteiger partial charge >= 0.3 is 6.03 Å². The first-order chi connectivity index (χ1) is 17.1. The number of aliphatic imine (C=N–C) groups is 1. The number of rotatable bonds is 7. The third-order valence-electron chi connectivity index (χ3n) is 5.82. The van der Waals surface area contributed by atoms with Gasteiger partial charge in [0.2, 0.25) is 0 Å². The molecule has 0 radical (unpaired) electrons. The van der Waals surface area contributed by atoms with Gasteiger partial charge in [0.05, 0.1) is 19.2 Å². The van der Waals surface area contributed by atoms with Gasteiger partial charge in [-0.15, -0.1) is 0 Å². The van der Waals surface area contributed by atoms with Gasteiger partial charge in [0, 0.05) is 19.0 Å². The maximum absolute atomic E-state index is 14.8. The Morgan fingerprint density at radius 2 is 2.00 bits per heavy atom. The van der Waals surface area contributed by atoms with Gasteiger partial charge in [-0.1, -0.05) is 26.8 Å². The van der Waals surface area contributed by atoms with Crippen molar-refractivity contribution in [2.75, 3.05) is 13.7 Å². The van der Waals surface area contributed by atoms with Crippen LogP contribution in [0.15, 0.2) is 27.6 Å². The van der Waals surface area contributed by atoms with Crippen molar-refractivity contribution < 1.29 is 32.7 Å². The third kappa shape index (κ3) is 4.41. The Labute approximate surface area is 206 Å². The minimum Gasteiger partial charge on any atom is -0.494 e. The van der Waals surface area contributed by atoms with E-state index < -0.39 is 35.1 Å². The SMILES string of the molecule is CC.CCc1oc([C@]2(CN3Cc4ccc(OC)c(F)c4C3=O)NC(=O)NC2=O)cc1N=C(C)C(N)=O. The summed E-state index contributed by atoms with van der Waals surface area (Å²) >= 11 is 0. The number of aryl methyl sites for hydroxylation is 1. The quantitative estimate of drug-likeness (QED) is 0.390. The Kier molecular flexibility index (Phi) is 7.46. The molecule has 1 atom stereocenters. The number of fused-ring (bicyclic) bond motifs is 1. The fourth-order valence-electron chi connectivity index (χ4n) is 4.03. The Hall–Kier alpha value is -4.22. The van der Waals surface area contributed by atoms with E-state index in [1.54, 1.807) is 13.0 Å². The van der Waals surface area contributed by atoms with Crippen molar-refractivity contribution in [1.82, 2.24) is 15.5 Å². The van der Waals surface area contributed by atoms with Crippen molar-refractivity contribution in [3.8, 4) is 5.75 Å². The van der Waals surface area contributed by atoms with Crippen LogP contribution in [-0.4, -0.2) is 48.0 Å². The number of ether oxygens (including phenoxy) is 1. The number of urea groups is 1. The highest BCUT2D eigenvalue weighted by molar-refractivity contribution is 6.37. The molecule has 0 bridgehead atoms. The average molecular weight is 502 g/mol. The van der Waals surface area contributed by atoms with Crippen molar-refractivity contribution in [2.24, 2.45) is 10.7 Å². The maximum atomic E-state index is 14.8. The van der Waals surface area contributed by atoms with Crippen LogP contribution in [0, 0.1) is 5.82 Å². The van der Waals surface area contributed by atoms with Gasteiger partial charge in [-0.25, -0.2) is 14.2 Å². The molecule has 0 aliphatic carbocycles. The van der Waals surface area contributed by atoms with E-state index in [0.717, 1.165) is 0 Å². The zero-order valence-corrected chi connectivity index (χ0v) is 20.7. The molecule has 1 fully saturated rings. The summed E-state index contributed by atoms with van der Waals surface area (Å²) in [5.74, 6) is -2.68. The first kappa shape index (κ1) is 26.4. The summed E-state index contributed by atoms with van der Waals surface area (Å²) in [5.41, 5.74) is 4.00. The van der Waals surface area contributed by atoms with E-state index in [1.807, 2.05) is 13.8 Å². The fraction of sp³-hybridized carbons (Fsp3) is 0.375. The van der Waals surface area contributed by atoms with Gasteiger partial charge in [-0.2, -0.15) is 0 Å². The Balaban J connectivity index is 0.00000176. The van der Waals surface area contributed by atoms with E-state index >= 15 is 0 Å². The predicted octanol–water partition coefficient (Wildman–Crippen LogP) is 2.28. The molecule has 1 saturated heterocycles. The zero-order chi connectivity index (χ0) is 26.8. The number of halogens is 1. The number of primary amides is 1. The highest BCUT2D eigenvalue weighted by Gasteiger charge is 2.53. The molecule has 3 heterocycles. The van der Waals surface area contributed by atoms with Gasteiger partial charge in [0.25, 0.3) is 17.7 Å². The van der Waals surface area contributed by atoms with Gasteiger partial charge in [0.15, 0.2) is 17.1 Å². The topological polar surface area (TPSA) is 156 Å². The summed E-state index contributed by atoms with van der Waals surface area (Å²) in [7, 11) is 1.29. The van der Waals surface area contributed by atoms with E-state index in [1.165, 1.54) is 31.1 Å². The second-order valence-corrected chi connectivity index (χ2v) is 7.92. The lowest BCUT2D eigenvalue weighted by Crippen LogP contribution is -2.52. The first-order valence-electron chi connectivity index (χ1n) is 11.4. The van der Waals surface area contributed by atoms with Crippen molar-refractivity contribution in [3.63, 3.8) is 0 Å². The number of nitrogens with two attached hydrogens (primary N) is 1. The number of carbonyl (C=O) groups is 4. The molecule has 4 rings (SSSR count). The molecule has 192 valence electrons. The normalized spacial score (nSPS) is 18.9. The second kappa shape index (κ2) is 10.2. The first-order valence-corrected chi connectivity index (χ1v) is 11.4. The molecule has 2 aliphatic heterocycles. The van der Waals surface area contributed by atoms with Crippen LogP contribution in [0.4, 0.5) is 14.9 Å². The number of nitrogens with one attached hydrogen (secondary N) is 2. The van der Waals surface area contributed by atoms with Gasteiger partial charge in [0.1, 0.15) is 22.9 Å². The summed E-state index contributed by atoms with van der Waals surface area (Å²) < 4.78 is 25.6. The molecule has 1 aromatic carbocycles. The van der Waals surface area contributed by atoms with E-state index in [4.69, 9.17) is 14.9 Å². The number of carbonyl (C=O) groups excluding carboxylic acids is 4. The molecule has 11 nitrogen and oxygen atoms in total. The lowest BCUT2D eigenvalue weighted by Gasteiger charge is -2.29. The van der Waals surface area contributed by atoms with Crippen LogP contribution in [0.3, 0.4) is 0 Å². The van der Waals surface area contributed by atoms with E-state index in [2.05, 4.69) is 15.6 Å². The number of nitrogens with zero attached hydrogens (tertiary/aromatic N) is 2. The molecule has 2 aromatic rings. The molecule has 2 aliphatic rings. The van der Waals surface area contributed by atoms with E-state index in [-0.39, 0.29) is 41.6 Å². The van der Waals surface area contributed by atoms with Crippen LogP contribution in [0.1, 0.15) is 55.1 Å². The van der Waals surface area contributed by atoms with Gasteiger partial charge in [-0.3, -0.25) is 19.7 Å². The van der Waals surface area contributed by atoms with Crippen LogP contribution in [0.25, 0.3) is 0 Å². The molecule has 0 unspecified atom stereocenters. The molecular formula is C24H28FN5O6. The number of furan rings is 1. The maximum Gasteiger partial charge on any atom is 0.322 e. The molecule has 1 aromatic heterocycles. The second-order valence-electron chi connectivity index (χ2n) is 7.92. The van der Waals surface area contributed by atoms with Crippen molar-refractivity contribution in [1.29, 1.82) is 0 Å². The average Bonchev–Trinajstić information content (AvgIpc) is 3.49. The lowest BCUT2D eigenvalue weighted by atomic mass is 9.95. The van der Waals surface area contributed by atoms with E-state index in [0.29, 0.717) is 17.7 Å². The van der Waals surface area contributed by atoms with Crippen LogP contribution >= 0.6 is 0 Å². The number of amides is 5. The molecule has 36 heavy (non-hydrogen) atoms.